The molecule has 0 radical (unpaired) electrons. The third kappa shape index (κ3) is 6.17. The highest BCUT2D eigenvalue weighted by Crippen LogP contribution is 2.39. The normalized spacial score (nSPS) is 18.9. The highest BCUT2D eigenvalue weighted by Gasteiger charge is 2.52. The van der Waals surface area contributed by atoms with E-state index < -0.39 is 42.4 Å². The Bertz CT molecular complexity index is 1940. The molecule has 0 aliphatic carbocycles. The summed E-state index contributed by atoms with van der Waals surface area (Å²) in [7, 11) is 0. The van der Waals surface area contributed by atoms with Gasteiger partial charge in [0.05, 0.1) is 27.6 Å². The summed E-state index contributed by atoms with van der Waals surface area (Å²) in [6.45, 7) is 1.27. The number of rotatable bonds is 8. The number of aromatic nitrogens is 3. The van der Waals surface area contributed by atoms with Gasteiger partial charge in [-0.3, -0.25) is 0 Å². The van der Waals surface area contributed by atoms with Gasteiger partial charge in [0.1, 0.15) is 35.4 Å². The van der Waals surface area contributed by atoms with E-state index in [1.807, 2.05) is 0 Å². The van der Waals surface area contributed by atoms with Gasteiger partial charge in [0, 0.05) is 6.20 Å². The predicted octanol–water partition coefficient (Wildman–Crippen LogP) is 5.47. The molecule has 3 heterocycles. The highest BCUT2D eigenvalue weighted by atomic mass is 35.5. The fraction of sp³-hybridized carbons (Fsp3) is 0.176. The molecule has 5 aromatic rings. The van der Waals surface area contributed by atoms with Crippen LogP contribution in [0, 0.1) is 18.3 Å². The minimum absolute atomic E-state index is 0.0500. The van der Waals surface area contributed by atoms with Gasteiger partial charge in [-0.25, -0.2) is 24.4 Å². The molecule has 4 atom stereocenters. The van der Waals surface area contributed by atoms with Gasteiger partial charge in [-0.05, 0) is 43.3 Å². The summed E-state index contributed by atoms with van der Waals surface area (Å²) in [5.41, 5.74) is 1.17. The van der Waals surface area contributed by atoms with Crippen LogP contribution in [-0.4, -0.2) is 57.4 Å². The molecule has 0 saturated carbocycles. The van der Waals surface area contributed by atoms with E-state index in [4.69, 9.17) is 30.5 Å². The molecule has 6 rings (SSSR count). The van der Waals surface area contributed by atoms with E-state index in [-0.39, 0.29) is 39.5 Å². The van der Waals surface area contributed by atoms with Crippen molar-refractivity contribution in [2.75, 3.05) is 6.61 Å². The molecule has 1 saturated heterocycles. The molecule has 230 valence electrons. The molecule has 0 N–H and O–H groups in total. The molecule has 0 bridgehead atoms. The van der Waals surface area contributed by atoms with Crippen molar-refractivity contribution in [2.24, 2.45) is 0 Å². The summed E-state index contributed by atoms with van der Waals surface area (Å²) in [4.78, 5) is 48.4. The van der Waals surface area contributed by atoms with Crippen LogP contribution in [0.15, 0.2) is 97.2 Å². The van der Waals surface area contributed by atoms with Gasteiger partial charge < -0.3 is 23.5 Å². The maximum Gasteiger partial charge on any atom is 0.338 e. The van der Waals surface area contributed by atoms with Crippen molar-refractivity contribution in [1.82, 2.24) is 14.5 Å². The predicted molar refractivity (Wildman–Crippen MR) is 164 cm³/mol. The maximum absolute atomic E-state index is 13.5. The molecule has 1 fully saturated rings. The van der Waals surface area contributed by atoms with Crippen LogP contribution in [0.3, 0.4) is 0 Å². The molecule has 11 nitrogen and oxygen atoms in total. The lowest BCUT2D eigenvalue weighted by Gasteiger charge is -2.25. The van der Waals surface area contributed by atoms with E-state index in [1.54, 1.807) is 97.9 Å². The summed E-state index contributed by atoms with van der Waals surface area (Å²) >= 11 is 6.44. The van der Waals surface area contributed by atoms with E-state index in [0.29, 0.717) is 11.4 Å². The van der Waals surface area contributed by atoms with Gasteiger partial charge in [0.2, 0.25) is 0 Å². The monoisotopic (exact) mass is 636 g/mol. The molecule has 12 heteroatoms. The Hall–Kier alpha value is -5.57. The molecule has 0 spiro atoms. The second kappa shape index (κ2) is 13.2. The molecule has 1 aliphatic rings. The number of fused-ring (bicyclic) bond motifs is 1. The lowest BCUT2D eigenvalue weighted by atomic mass is 10.1. The zero-order valence-electron chi connectivity index (χ0n) is 24.3. The zero-order valence-corrected chi connectivity index (χ0v) is 25.0. The number of ether oxygens (including phenoxy) is 4. The van der Waals surface area contributed by atoms with Gasteiger partial charge in [-0.15, -0.1) is 0 Å². The third-order valence-corrected chi connectivity index (χ3v) is 7.59. The van der Waals surface area contributed by atoms with Crippen molar-refractivity contribution in [3.63, 3.8) is 0 Å². The first-order valence-corrected chi connectivity index (χ1v) is 14.6. The lowest BCUT2D eigenvalue weighted by molar-refractivity contribution is -0.0604. The number of aryl methyl sites for hydroxylation is 1. The summed E-state index contributed by atoms with van der Waals surface area (Å²) < 4.78 is 25.5. The Balaban J connectivity index is 1.43. The van der Waals surface area contributed by atoms with Gasteiger partial charge in [0.15, 0.2) is 18.4 Å². The van der Waals surface area contributed by atoms with E-state index >= 15 is 0 Å². The number of carbonyl (C=O) groups is 3. The Morgan fingerprint density at radius 2 is 1.35 bits per heavy atom. The number of hydrogen-bond donors (Lipinski definition) is 0. The van der Waals surface area contributed by atoms with Crippen molar-refractivity contribution < 1.29 is 33.3 Å². The minimum Gasteiger partial charge on any atom is -0.459 e. The van der Waals surface area contributed by atoms with Crippen molar-refractivity contribution in [3.8, 4) is 6.07 Å². The number of carbonyl (C=O) groups excluding carboxylic acids is 3. The fourth-order valence-corrected chi connectivity index (χ4v) is 5.48. The first kappa shape index (κ1) is 30.5. The number of nitrogens with zero attached hydrogens (tertiary/aromatic N) is 4. The zero-order chi connectivity index (χ0) is 32.2. The number of esters is 3. The summed E-state index contributed by atoms with van der Waals surface area (Å²) in [5.74, 6) is -1.75. The molecule has 2 aromatic heterocycles. The average Bonchev–Trinajstić information content (AvgIpc) is 3.62. The molecular weight excluding hydrogens is 612 g/mol. The fourth-order valence-electron chi connectivity index (χ4n) is 5.17. The first-order chi connectivity index (χ1) is 22.3. The number of halogens is 1. The van der Waals surface area contributed by atoms with E-state index in [2.05, 4.69) is 16.0 Å². The van der Waals surface area contributed by atoms with Crippen LogP contribution < -0.4 is 0 Å². The molecule has 1 aliphatic heterocycles. The third-order valence-electron chi connectivity index (χ3n) is 7.31. The molecular formula is C34H25ClN4O7. The van der Waals surface area contributed by atoms with Gasteiger partial charge in [-0.2, -0.15) is 5.26 Å². The second-order valence-electron chi connectivity index (χ2n) is 10.3. The number of hydrogen-bond acceptors (Lipinski definition) is 10. The quantitative estimate of drug-likeness (QED) is 0.122. The van der Waals surface area contributed by atoms with Crippen LogP contribution in [-0.2, 0) is 18.9 Å². The lowest BCUT2D eigenvalue weighted by Crippen LogP contribution is -2.41. The molecule has 1 unspecified atom stereocenters. The highest BCUT2D eigenvalue weighted by molar-refractivity contribution is 6.34. The largest absolute Gasteiger partial charge is 0.459 e. The molecule has 3 aromatic carbocycles. The average molecular weight is 637 g/mol. The van der Waals surface area contributed by atoms with Gasteiger partial charge >= 0.3 is 17.9 Å². The second-order valence-corrected chi connectivity index (χ2v) is 10.7. The Morgan fingerprint density at radius 1 is 0.826 bits per heavy atom. The maximum atomic E-state index is 13.5. The van der Waals surface area contributed by atoms with Crippen LogP contribution in [0.5, 0.6) is 0 Å². The summed E-state index contributed by atoms with van der Waals surface area (Å²) in [6, 6.07) is 27.0. The molecule has 46 heavy (non-hydrogen) atoms. The smallest absolute Gasteiger partial charge is 0.338 e. The SMILES string of the molecule is Cc1nc(Cl)c2c(C#N)cn(C3O[C@H](COC(=O)c4ccccc4)[C@@H](OC(=O)c4ccccc4)[C@H]3OC(=O)c3ccccc3)c2n1. The summed E-state index contributed by atoms with van der Waals surface area (Å²) in [6.07, 6.45) is -3.42. The van der Waals surface area contributed by atoms with Crippen LogP contribution in [0.1, 0.15) is 48.7 Å². The van der Waals surface area contributed by atoms with E-state index in [9.17, 15) is 19.6 Å². The number of nitriles is 1. The van der Waals surface area contributed by atoms with Crippen LogP contribution >= 0.6 is 11.6 Å². The van der Waals surface area contributed by atoms with Crippen LogP contribution in [0.25, 0.3) is 11.0 Å². The van der Waals surface area contributed by atoms with Crippen molar-refractivity contribution in [2.45, 2.75) is 31.5 Å². The van der Waals surface area contributed by atoms with E-state index in [0.717, 1.165) is 0 Å². The summed E-state index contributed by atoms with van der Waals surface area (Å²) in [5, 5.41) is 10.2. The van der Waals surface area contributed by atoms with Gasteiger partial charge in [0.25, 0.3) is 0 Å². The van der Waals surface area contributed by atoms with Crippen LogP contribution in [0.4, 0.5) is 0 Å². The van der Waals surface area contributed by atoms with Crippen molar-refractivity contribution in [1.29, 1.82) is 5.26 Å². The van der Waals surface area contributed by atoms with Crippen molar-refractivity contribution >= 4 is 40.5 Å². The van der Waals surface area contributed by atoms with E-state index in [1.165, 1.54) is 10.8 Å². The van der Waals surface area contributed by atoms with Crippen LogP contribution in [0.2, 0.25) is 5.15 Å². The first-order valence-electron chi connectivity index (χ1n) is 14.2. The standard InChI is InChI=1S/C34H25ClN4O7/c1-20-37-29(35)26-24(17-36)18-39(30(26)38-20)31-28(46-34(42)23-15-9-4-10-16-23)27(45-33(41)22-13-7-3-8-14-22)25(44-31)19-43-32(40)21-11-5-2-6-12-21/h2-16,18,25,27-28,31H,19H2,1H3/t25-,27-,28-,31?/m1/s1. The number of benzene rings is 3. The Labute approximate surface area is 267 Å². The Morgan fingerprint density at radius 3 is 1.89 bits per heavy atom. The minimum atomic E-state index is -1.29. The van der Waals surface area contributed by atoms with Crippen molar-refractivity contribution in [3.05, 3.63) is 130 Å². The topological polar surface area (TPSA) is 143 Å². The van der Waals surface area contributed by atoms with Gasteiger partial charge in [-0.1, -0.05) is 66.2 Å². The molecule has 0 amide bonds. The Kier molecular flexibility index (Phi) is 8.74.